The van der Waals surface area contributed by atoms with Crippen LogP contribution in [0.25, 0.3) is 11.3 Å². The van der Waals surface area contributed by atoms with Crippen LogP contribution in [0.1, 0.15) is 31.0 Å². The molecule has 0 aliphatic heterocycles. The summed E-state index contributed by atoms with van der Waals surface area (Å²) in [5, 5.41) is 0. The zero-order valence-electron chi connectivity index (χ0n) is 18.0. The van der Waals surface area contributed by atoms with Crippen molar-refractivity contribution in [2.24, 2.45) is 5.92 Å². The maximum absolute atomic E-state index is 14.2. The summed E-state index contributed by atoms with van der Waals surface area (Å²) >= 11 is 0. The summed E-state index contributed by atoms with van der Waals surface area (Å²) in [6, 6.07) is 4.49. The number of aromatic nitrogens is 3. The van der Waals surface area contributed by atoms with Crippen molar-refractivity contribution < 1.29 is 21.9 Å². The molecule has 1 saturated carbocycles. The van der Waals surface area contributed by atoms with Gasteiger partial charge in [-0.25, -0.2) is 27.2 Å². The molecule has 0 atom stereocenters. The van der Waals surface area contributed by atoms with Gasteiger partial charge in [0.1, 0.15) is 11.5 Å². The van der Waals surface area contributed by atoms with Gasteiger partial charge in [-0.05, 0) is 57.2 Å². The molecule has 1 aliphatic carbocycles. The first-order valence-electron chi connectivity index (χ1n) is 10.4. The monoisotopic (exact) mass is 476 g/mol. The van der Waals surface area contributed by atoms with E-state index in [1.165, 1.54) is 13.1 Å². The summed E-state index contributed by atoms with van der Waals surface area (Å²) in [6.45, 7) is 3.10. The van der Waals surface area contributed by atoms with Crippen molar-refractivity contribution >= 4 is 16.0 Å². The average molecular weight is 477 g/mol. The molecule has 0 saturated heterocycles. The highest BCUT2D eigenvalue weighted by Crippen LogP contribution is 2.38. The van der Waals surface area contributed by atoms with E-state index in [0.717, 1.165) is 25.0 Å². The number of H-pyrrole nitrogens is 1. The van der Waals surface area contributed by atoms with Gasteiger partial charge in [-0.2, -0.15) is 0 Å². The van der Waals surface area contributed by atoms with Crippen molar-refractivity contribution in [1.82, 2.24) is 15.0 Å². The molecule has 1 aromatic carbocycles. The first-order chi connectivity index (χ1) is 15.6. The van der Waals surface area contributed by atoms with Crippen molar-refractivity contribution in [2.45, 2.75) is 33.1 Å². The number of aromatic amines is 1. The summed E-state index contributed by atoms with van der Waals surface area (Å²) in [4.78, 5) is 23.5. The normalized spacial score (nSPS) is 13.7. The first kappa shape index (κ1) is 22.8. The highest BCUT2D eigenvalue weighted by molar-refractivity contribution is 7.92. The zero-order valence-corrected chi connectivity index (χ0v) is 18.8. The number of halogens is 2. The van der Waals surface area contributed by atoms with Crippen molar-refractivity contribution in [1.29, 1.82) is 0 Å². The van der Waals surface area contributed by atoms with Gasteiger partial charge >= 0.3 is 0 Å². The number of aryl methyl sites for hydroxylation is 1. The molecule has 0 radical (unpaired) electrons. The summed E-state index contributed by atoms with van der Waals surface area (Å²) in [5.74, 6) is -1.89. The van der Waals surface area contributed by atoms with Crippen LogP contribution in [-0.4, -0.2) is 29.1 Å². The maximum Gasteiger partial charge on any atom is 0.251 e. The summed E-state index contributed by atoms with van der Waals surface area (Å²) in [6.07, 6.45) is 3.87. The second-order valence-corrected chi connectivity index (χ2v) is 9.92. The standard InChI is InChI=1S/C22H22F2N4O4S/c1-3-33(30,31)28-22-25-11-19(32-18-7-6-14(23)10-16(18)24)20(27-22)15-8-12(2)21(29)26-17(15)9-13-4-5-13/h6-8,10-11,13H,3-5,9H2,1-2H3,(H,26,29)(H,25,27,28). The third-order valence-electron chi connectivity index (χ3n) is 5.25. The van der Waals surface area contributed by atoms with Gasteiger partial charge < -0.3 is 9.72 Å². The van der Waals surface area contributed by atoms with Gasteiger partial charge in [0.15, 0.2) is 17.3 Å². The van der Waals surface area contributed by atoms with E-state index < -0.39 is 21.7 Å². The minimum atomic E-state index is -3.66. The van der Waals surface area contributed by atoms with Crippen LogP contribution in [0.4, 0.5) is 14.7 Å². The Bertz CT molecular complexity index is 1370. The molecule has 1 fully saturated rings. The van der Waals surface area contributed by atoms with Crippen LogP contribution < -0.4 is 15.0 Å². The van der Waals surface area contributed by atoms with Gasteiger partial charge in [0.25, 0.3) is 5.56 Å². The molecule has 2 aromatic heterocycles. The topological polar surface area (TPSA) is 114 Å². The Labute approximate surface area is 189 Å². The van der Waals surface area contributed by atoms with Crippen LogP contribution in [0.15, 0.2) is 35.3 Å². The Balaban J connectivity index is 1.86. The minimum Gasteiger partial charge on any atom is -0.450 e. The van der Waals surface area contributed by atoms with E-state index in [4.69, 9.17) is 4.74 Å². The third-order valence-corrected chi connectivity index (χ3v) is 6.50. The second kappa shape index (κ2) is 8.89. The molecule has 2 N–H and O–H groups in total. The molecule has 8 nitrogen and oxygen atoms in total. The molecular formula is C22H22F2N4O4S. The molecule has 1 aliphatic rings. The van der Waals surface area contributed by atoms with E-state index in [1.807, 2.05) is 0 Å². The van der Waals surface area contributed by atoms with Crippen LogP contribution in [-0.2, 0) is 16.4 Å². The fraction of sp³-hybridized carbons (Fsp3) is 0.318. The van der Waals surface area contributed by atoms with E-state index in [-0.39, 0.29) is 34.5 Å². The minimum absolute atomic E-state index is 0.0171. The number of anilines is 1. The number of pyridine rings is 1. The van der Waals surface area contributed by atoms with Crippen LogP contribution >= 0.6 is 0 Å². The fourth-order valence-electron chi connectivity index (χ4n) is 3.23. The van der Waals surface area contributed by atoms with E-state index >= 15 is 0 Å². The number of hydrogen-bond acceptors (Lipinski definition) is 6. The van der Waals surface area contributed by atoms with Gasteiger partial charge in [0.2, 0.25) is 16.0 Å². The molecule has 174 valence electrons. The quantitative estimate of drug-likeness (QED) is 0.509. The number of nitrogens with zero attached hydrogens (tertiary/aromatic N) is 2. The van der Waals surface area contributed by atoms with E-state index in [0.29, 0.717) is 35.2 Å². The van der Waals surface area contributed by atoms with Gasteiger partial charge in [-0.1, -0.05) is 0 Å². The van der Waals surface area contributed by atoms with Gasteiger partial charge in [0.05, 0.1) is 11.9 Å². The molecule has 33 heavy (non-hydrogen) atoms. The molecule has 0 unspecified atom stereocenters. The number of ether oxygens (including phenoxy) is 1. The van der Waals surface area contributed by atoms with Crippen LogP contribution in [0.3, 0.4) is 0 Å². The number of hydrogen-bond donors (Lipinski definition) is 2. The Morgan fingerprint density at radius 2 is 1.97 bits per heavy atom. The molecule has 0 bridgehead atoms. The van der Waals surface area contributed by atoms with Gasteiger partial charge in [-0.3, -0.25) is 9.52 Å². The van der Waals surface area contributed by atoms with E-state index in [2.05, 4.69) is 19.7 Å². The highest BCUT2D eigenvalue weighted by atomic mass is 32.2. The smallest absolute Gasteiger partial charge is 0.251 e. The highest BCUT2D eigenvalue weighted by Gasteiger charge is 2.26. The number of sulfonamides is 1. The Hall–Kier alpha value is -3.34. The largest absolute Gasteiger partial charge is 0.450 e. The number of benzene rings is 1. The maximum atomic E-state index is 14.2. The number of rotatable bonds is 8. The first-order valence-corrected chi connectivity index (χ1v) is 12.0. The Kier molecular flexibility index (Phi) is 6.15. The van der Waals surface area contributed by atoms with Crippen LogP contribution in [0.5, 0.6) is 11.5 Å². The van der Waals surface area contributed by atoms with Crippen molar-refractivity contribution in [3.63, 3.8) is 0 Å². The predicted octanol–water partition coefficient (Wildman–Crippen LogP) is 3.92. The zero-order chi connectivity index (χ0) is 23.8. The van der Waals surface area contributed by atoms with E-state index in [9.17, 15) is 22.0 Å². The summed E-state index contributed by atoms with van der Waals surface area (Å²) < 4.78 is 59.6. The third kappa shape index (κ3) is 5.36. The Morgan fingerprint density at radius 1 is 1.21 bits per heavy atom. The molecule has 4 rings (SSSR count). The lowest BCUT2D eigenvalue weighted by molar-refractivity contribution is 0.436. The molecular weight excluding hydrogens is 454 g/mol. The van der Waals surface area contributed by atoms with Crippen LogP contribution in [0, 0.1) is 24.5 Å². The molecule has 0 spiro atoms. The van der Waals surface area contributed by atoms with Crippen molar-refractivity contribution in [3.8, 4) is 22.8 Å². The van der Waals surface area contributed by atoms with Crippen LogP contribution in [0.2, 0.25) is 0 Å². The lowest BCUT2D eigenvalue weighted by Gasteiger charge is -2.16. The molecule has 3 aromatic rings. The Morgan fingerprint density at radius 3 is 2.64 bits per heavy atom. The predicted molar refractivity (Wildman–Crippen MR) is 119 cm³/mol. The SMILES string of the molecule is CCS(=O)(=O)Nc1ncc(Oc2ccc(F)cc2F)c(-c2cc(C)c(=O)[nH]c2CC2CC2)n1. The van der Waals surface area contributed by atoms with E-state index in [1.54, 1.807) is 13.0 Å². The lowest BCUT2D eigenvalue weighted by atomic mass is 10.0. The fourth-order valence-corrected chi connectivity index (χ4v) is 3.75. The van der Waals surface area contributed by atoms with Crippen molar-refractivity contribution in [3.05, 3.63) is 63.7 Å². The summed E-state index contributed by atoms with van der Waals surface area (Å²) in [5.41, 5.74) is 1.45. The molecule has 0 amide bonds. The number of nitrogens with one attached hydrogen (secondary N) is 2. The van der Waals surface area contributed by atoms with Crippen molar-refractivity contribution in [2.75, 3.05) is 10.5 Å². The lowest BCUT2D eigenvalue weighted by Crippen LogP contribution is -2.17. The summed E-state index contributed by atoms with van der Waals surface area (Å²) in [7, 11) is -3.66. The molecule has 2 heterocycles. The molecule has 11 heteroatoms. The second-order valence-electron chi connectivity index (χ2n) is 7.91. The van der Waals surface area contributed by atoms with Gasteiger partial charge in [-0.15, -0.1) is 0 Å². The average Bonchev–Trinajstić information content (AvgIpc) is 3.57. The van der Waals surface area contributed by atoms with Gasteiger partial charge in [0, 0.05) is 22.9 Å².